The van der Waals surface area contributed by atoms with Gasteiger partial charge < -0.3 is 5.73 Å². The molecule has 1 amide bonds. The van der Waals surface area contributed by atoms with E-state index in [-0.39, 0.29) is 11.3 Å². The first kappa shape index (κ1) is 8.31. The molecule has 0 atom stereocenters. The summed E-state index contributed by atoms with van der Waals surface area (Å²) < 4.78 is 0. The van der Waals surface area contributed by atoms with E-state index in [1.165, 1.54) is 5.57 Å². The summed E-state index contributed by atoms with van der Waals surface area (Å²) in [6.45, 7) is 6.14. The Kier molecular flexibility index (Phi) is 1.78. The number of nitrogens with two attached hydrogens (primary N) is 1. The molecule has 2 nitrogen and oxygen atoms in total. The summed E-state index contributed by atoms with van der Waals surface area (Å²) >= 11 is 0. The molecule has 2 N–H and O–H groups in total. The van der Waals surface area contributed by atoms with Crippen molar-refractivity contribution in [3.05, 3.63) is 11.1 Å². The van der Waals surface area contributed by atoms with Gasteiger partial charge in [-0.25, -0.2) is 0 Å². The van der Waals surface area contributed by atoms with Crippen molar-refractivity contribution in [1.82, 2.24) is 0 Å². The number of carbonyl (C=O) groups is 1. The maximum Gasteiger partial charge on any atom is 0.245 e. The summed E-state index contributed by atoms with van der Waals surface area (Å²) in [7, 11) is 0. The number of hydrogen-bond donors (Lipinski definition) is 1. The van der Waals surface area contributed by atoms with Crippen LogP contribution in [0.5, 0.6) is 0 Å². The van der Waals surface area contributed by atoms with E-state index in [1.807, 2.05) is 6.92 Å². The topological polar surface area (TPSA) is 43.1 Å². The van der Waals surface area contributed by atoms with E-state index in [0.717, 1.165) is 18.4 Å². The molecule has 1 rings (SSSR count). The maximum absolute atomic E-state index is 11.0. The Morgan fingerprint density at radius 1 is 1.55 bits per heavy atom. The highest BCUT2D eigenvalue weighted by Crippen LogP contribution is 2.41. The zero-order chi connectivity index (χ0) is 8.65. The van der Waals surface area contributed by atoms with Crippen LogP contribution in [0.25, 0.3) is 0 Å². The van der Waals surface area contributed by atoms with Crippen molar-refractivity contribution in [3.63, 3.8) is 0 Å². The first-order chi connectivity index (χ1) is 4.95. The third-order valence-electron chi connectivity index (χ3n) is 2.47. The van der Waals surface area contributed by atoms with Gasteiger partial charge in [0.1, 0.15) is 0 Å². The second-order valence-corrected chi connectivity index (χ2v) is 3.90. The van der Waals surface area contributed by atoms with Crippen LogP contribution in [0.4, 0.5) is 0 Å². The van der Waals surface area contributed by atoms with Gasteiger partial charge in [-0.05, 0) is 25.2 Å². The normalized spacial score (nSPS) is 22.5. The van der Waals surface area contributed by atoms with Gasteiger partial charge in [0.15, 0.2) is 0 Å². The fraction of sp³-hybridized carbons (Fsp3) is 0.667. The minimum Gasteiger partial charge on any atom is -0.366 e. The standard InChI is InChI=1S/C9H15NO/c1-6-4-5-9(2,3)7(6)8(10)11/h4-5H2,1-3H3,(H2,10,11). The van der Waals surface area contributed by atoms with Gasteiger partial charge in [-0.2, -0.15) is 0 Å². The molecule has 0 fully saturated rings. The van der Waals surface area contributed by atoms with E-state index >= 15 is 0 Å². The lowest BCUT2D eigenvalue weighted by molar-refractivity contribution is -0.115. The van der Waals surface area contributed by atoms with E-state index in [2.05, 4.69) is 13.8 Å². The minimum absolute atomic E-state index is 0.00984. The van der Waals surface area contributed by atoms with Crippen LogP contribution in [-0.2, 0) is 4.79 Å². The molecule has 0 unspecified atom stereocenters. The predicted octanol–water partition coefficient (Wildman–Crippen LogP) is 1.61. The summed E-state index contributed by atoms with van der Waals surface area (Å²) in [5.74, 6) is -0.245. The summed E-state index contributed by atoms with van der Waals surface area (Å²) in [5.41, 5.74) is 7.29. The van der Waals surface area contributed by atoms with Crippen molar-refractivity contribution in [2.24, 2.45) is 11.1 Å². The van der Waals surface area contributed by atoms with Crippen molar-refractivity contribution in [3.8, 4) is 0 Å². The summed E-state index contributed by atoms with van der Waals surface area (Å²) in [5, 5.41) is 0. The number of rotatable bonds is 1. The molecule has 62 valence electrons. The van der Waals surface area contributed by atoms with Gasteiger partial charge in [0, 0.05) is 5.57 Å². The fourth-order valence-corrected chi connectivity index (χ4v) is 1.87. The molecular weight excluding hydrogens is 138 g/mol. The molecule has 0 aromatic rings. The lowest BCUT2D eigenvalue weighted by atomic mass is 9.85. The highest BCUT2D eigenvalue weighted by atomic mass is 16.1. The second kappa shape index (κ2) is 2.36. The van der Waals surface area contributed by atoms with Crippen LogP contribution in [0, 0.1) is 5.41 Å². The smallest absolute Gasteiger partial charge is 0.245 e. The molecule has 1 aliphatic rings. The van der Waals surface area contributed by atoms with Gasteiger partial charge in [0.05, 0.1) is 0 Å². The molecule has 0 radical (unpaired) electrons. The summed E-state index contributed by atoms with van der Waals surface area (Å²) in [6.07, 6.45) is 2.07. The number of primary amides is 1. The second-order valence-electron chi connectivity index (χ2n) is 3.90. The number of allylic oxidation sites excluding steroid dienone is 1. The fourth-order valence-electron chi connectivity index (χ4n) is 1.87. The highest BCUT2D eigenvalue weighted by molar-refractivity contribution is 5.94. The van der Waals surface area contributed by atoms with Gasteiger partial charge in [-0.3, -0.25) is 4.79 Å². The van der Waals surface area contributed by atoms with Crippen LogP contribution in [-0.4, -0.2) is 5.91 Å². The average Bonchev–Trinajstić information content (AvgIpc) is 2.06. The Balaban J connectivity index is 3.04. The van der Waals surface area contributed by atoms with Crippen LogP contribution in [0.2, 0.25) is 0 Å². The predicted molar refractivity (Wildman–Crippen MR) is 44.9 cm³/mol. The largest absolute Gasteiger partial charge is 0.366 e. The zero-order valence-electron chi connectivity index (χ0n) is 7.40. The molecule has 0 aliphatic heterocycles. The molecule has 0 spiro atoms. The molecule has 0 saturated heterocycles. The monoisotopic (exact) mass is 153 g/mol. The molecule has 11 heavy (non-hydrogen) atoms. The Labute approximate surface area is 67.5 Å². The number of amides is 1. The third-order valence-corrected chi connectivity index (χ3v) is 2.47. The van der Waals surface area contributed by atoms with Crippen LogP contribution < -0.4 is 5.73 Å². The Hall–Kier alpha value is -0.790. The van der Waals surface area contributed by atoms with E-state index in [9.17, 15) is 4.79 Å². The van der Waals surface area contributed by atoms with Crippen molar-refractivity contribution in [1.29, 1.82) is 0 Å². The van der Waals surface area contributed by atoms with Crippen molar-refractivity contribution < 1.29 is 4.79 Å². The first-order valence-electron chi connectivity index (χ1n) is 3.95. The van der Waals surface area contributed by atoms with E-state index in [0.29, 0.717) is 0 Å². The lowest BCUT2D eigenvalue weighted by Gasteiger charge is -2.19. The quantitative estimate of drug-likeness (QED) is 0.611. The van der Waals surface area contributed by atoms with E-state index in [4.69, 9.17) is 5.73 Å². The van der Waals surface area contributed by atoms with E-state index < -0.39 is 0 Å². The molecular formula is C9H15NO. The Morgan fingerprint density at radius 2 is 2.09 bits per heavy atom. The number of carbonyl (C=O) groups excluding carboxylic acids is 1. The van der Waals surface area contributed by atoms with Crippen LogP contribution in [0.3, 0.4) is 0 Å². The molecule has 0 bridgehead atoms. The van der Waals surface area contributed by atoms with Gasteiger partial charge in [-0.15, -0.1) is 0 Å². The summed E-state index contributed by atoms with van der Waals surface area (Å²) in [4.78, 5) is 11.0. The zero-order valence-corrected chi connectivity index (χ0v) is 7.40. The Morgan fingerprint density at radius 3 is 2.27 bits per heavy atom. The summed E-state index contributed by atoms with van der Waals surface area (Å²) in [6, 6.07) is 0. The third kappa shape index (κ3) is 1.30. The van der Waals surface area contributed by atoms with Crippen molar-refractivity contribution >= 4 is 5.91 Å². The van der Waals surface area contributed by atoms with Gasteiger partial charge in [0.2, 0.25) is 5.91 Å². The highest BCUT2D eigenvalue weighted by Gasteiger charge is 2.33. The van der Waals surface area contributed by atoms with Crippen molar-refractivity contribution in [2.45, 2.75) is 33.6 Å². The first-order valence-corrected chi connectivity index (χ1v) is 3.95. The Bertz CT molecular complexity index is 226. The van der Waals surface area contributed by atoms with Crippen LogP contribution in [0.1, 0.15) is 33.6 Å². The molecule has 0 aromatic carbocycles. The molecule has 0 aromatic heterocycles. The molecule has 2 heteroatoms. The van der Waals surface area contributed by atoms with Crippen LogP contribution >= 0.6 is 0 Å². The SMILES string of the molecule is CC1=C(C(N)=O)C(C)(C)CC1. The average molecular weight is 153 g/mol. The van der Waals surface area contributed by atoms with Gasteiger partial charge in [-0.1, -0.05) is 19.4 Å². The van der Waals surface area contributed by atoms with Crippen LogP contribution in [0.15, 0.2) is 11.1 Å². The van der Waals surface area contributed by atoms with E-state index in [1.54, 1.807) is 0 Å². The van der Waals surface area contributed by atoms with Gasteiger partial charge >= 0.3 is 0 Å². The number of hydrogen-bond acceptors (Lipinski definition) is 1. The molecule has 0 saturated carbocycles. The minimum atomic E-state index is -0.245. The van der Waals surface area contributed by atoms with Gasteiger partial charge in [0.25, 0.3) is 0 Å². The maximum atomic E-state index is 11.0. The van der Waals surface area contributed by atoms with Crippen molar-refractivity contribution in [2.75, 3.05) is 0 Å². The lowest BCUT2D eigenvalue weighted by Crippen LogP contribution is -2.24. The molecule has 0 heterocycles. The molecule has 1 aliphatic carbocycles.